The highest BCUT2D eigenvalue weighted by atomic mass is 32.3. The number of thiazole rings is 1. The normalized spacial score (nSPS) is 20.0. The number of oxime groups is 1. The highest BCUT2D eigenvalue weighted by molar-refractivity contribution is 7.80. The number of hydroxylamine groups is 2. The van der Waals surface area contributed by atoms with Crippen LogP contribution in [0.5, 0.6) is 0 Å². The van der Waals surface area contributed by atoms with Crippen molar-refractivity contribution >= 4 is 50.4 Å². The second-order valence-electron chi connectivity index (χ2n) is 6.29. The Hall–Kier alpha value is -2.82. The first-order valence-corrected chi connectivity index (χ1v) is 9.98. The van der Waals surface area contributed by atoms with Crippen LogP contribution in [0.3, 0.4) is 0 Å². The van der Waals surface area contributed by atoms with Crippen molar-refractivity contribution in [3.8, 4) is 0 Å². The van der Waals surface area contributed by atoms with Gasteiger partial charge >= 0.3 is 16.4 Å². The second-order valence-corrected chi connectivity index (χ2v) is 8.19. The van der Waals surface area contributed by atoms with E-state index in [0.717, 1.165) is 11.3 Å². The van der Waals surface area contributed by atoms with E-state index in [1.807, 2.05) is 0 Å². The molecule has 1 aromatic rings. The highest BCUT2D eigenvalue weighted by Crippen LogP contribution is 2.32. The van der Waals surface area contributed by atoms with Crippen LogP contribution in [-0.4, -0.2) is 69.3 Å². The molecule has 2 atom stereocenters. The molecule has 14 nitrogen and oxygen atoms in total. The summed E-state index contributed by atoms with van der Waals surface area (Å²) in [4.78, 5) is 44.3. The van der Waals surface area contributed by atoms with E-state index in [2.05, 4.69) is 19.7 Å². The quantitative estimate of drug-likeness (QED) is 0.159. The van der Waals surface area contributed by atoms with Crippen molar-refractivity contribution < 1.29 is 41.6 Å². The molecule has 0 spiro atoms. The molecule has 0 saturated carbocycles. The average molecular weight is 451 g/mol. The number of hydrogen-bond donors (Lipinski definition) is 4. The summed E-state index contributed by atoms with van der Waals surface area (Å²) in [6.45, 7) is 3.91. The van der Waals surface area contributed by atoms with Crippen LogP contribution in [0.15, 0.2) is 10.5 Å². The summed E-state index contributed by atoms with van der Waals surface area (Å²) in [5.41, 5.74) is 3.69. The monoisotopic (exact) mass is 451 g/mol. The fraction of sp³-hybridized carbons (Fsp3) is 0.462. The molecular formula is C13H17N5O9S2. The summed E-state index contributed by atoms with van der Waals surface area (Å²) in [5, 5.41) is 16.5. The van der Waals surface area contributed by atoms with E-state index in [1.54, 1.807) is 0 Å². The Morgan fingerprint density at radius 2 is 2.10 bits per heavy atom. The Morgan fingerprint density at radius 3 is 2.55 bits per heavy atom. The molecule has 0 unspecified atom stereocenters. The number of nitrogen functional groups attached to an aromatic ring is 1. The number of carboxylic acids is 1. The number of rotatable bonds is 8. The minimum atomic E-state index is -4.95. The van der Waals surface area contributed by atoms with E-state index in [-0.39, 0.29) is 10.8 Å². The van der Waals surface area contributed by atoms with Crippen LogP contribution in [-0.2, 0) is 33.9 Å². The molecule has 1 fully saturated rings. The van der Waals surface area contributed by atoms with Crippen LogP contribution in [0.1, 0.15) is 26.5 Å². The predicted octanol–water partition coefficient (Wildman–Crippen LogP) is -1.24. The Morgan fingerprint density at radius 1 is 1.48 bits per heavy atom. The zero-order chi connectivity index (χ0) is 22.1. The molecule has 1 saturated heterocycles. The molecule has 1 aliphatic rings. The van der Waals surface area contributed by atoms with Gasteiger partial charge in [-0.25, -0.2) is 9.78 Å². The Labute approximate surface area is 168 Å². The average Bonchev–Trinajstić information content (AvgIpc) is 3.02. The third kappa shape index (κ3) is 4.97. The molecule has 160 valence electrons. The van der Waals surface area contributed by atoms with E-state index < -0.39 is 51.6 Å². The molecule has 0 aliphatic carbocycles. The van der Waals surface area contributed by atoms with E-state index in [0.29, 0.717) is 5.06 Å². The lowest BCUT2D eigenvalue weighted by atomic mass is 9.84. The van der Waals surface area contributed by atoms with Gasteiger partial charge in [-0.15, -0.1) is 15.6 Å². The number of aromatic nitrogens is 1. The van der Waals surface area contributed by atoms with E-state index >= 15 is 0 Å². The zero-order valence-electron chi connectivity index (χ0n) is 15.2. The summed E-state index contributed by atoms with van der Waals surface area (Å²) >= 11 is 0.981. The number of nitrogens with one attached hydrogen (secondary N) is 1. The van der Waals surface area contributed by atoms with Crippen LogP contribution in [0, 0.1) is 0 Å². The summed E-state index contributed by atoms with van der Waals surface area (Å²) < 4.78 is 34.6. The minimum Gasteiger partial charge on any atom is -0.478 e. The van der Waals surface area contributed by atoms with Crippen molar-refractivity contribution in [1.82, 2.24) is 15.4 Å². The van der Waals surface area contributed by atoms with Crippen molar-refractivity contribution in [3.05, 3.63) is 11.1 Å². The van der Waals surface area contributed by atoms with Crippen LogP contribution >= 0.6 is 11.3 Å². The summed E-state index contributed by atoms with van der Waals surface area (Å²) in [6, 6.07) is -1.25. The van der Waals surface area contributed by atoms with Crippen LogP contribution in [0.4, 0.5) is 5.13 Å². The fourth-order valence-corrected chi connectivity index (χ4v) is 3.20. The molecular weight excluding hydrogens is 434 g/mol. The molecule has 0 bridgehead atoms. The van der Waals surface area contributed by atoms with E-state index in [4.69, 9.17) is 20.2 Å². The van der Waals surface area contributed by atoms with Gasteiger partial charge in [0.15, 0.2) is 10.8 Å². The molecule has 16 heteroatoms. The maximum Gasteiger partial charge on any atom is 0.418 e. The molecule has 2 rings (SSSR count). The van der Waals surface area contributed by atoms with Crippen molar-refractivity contribution in [2.24, 2.45) is 5.16 Å². The largest absolute Gasteiger partial charge is 0.478 e. The third-order valence-electron chi connectivity index (χ3n) is 3.75. The van der Waals surface area contributed by atoms with Gasteiger partial charge in [-0.2, -0.15) is 13.5 Å². The SMILES string of the molecule is C[C@H](O/N=C(\C(=O)N[C@@H]1C(=O)N(OS(=O)(=O)O)C1(C)C)c1csc(N)n1)C(=O)O. The van der Waals surface area contributed by atoms with Gasteiger partial charge in [-0.05, 0) is 20.8 Å². The maximum absolute atomic E-state index is 12.6. The van der Waals surface area contributed by atoms with Gasteiger partial charge in [-0.3, -0.25) is 14.1 Å². The topological polar surface area (TPSA) is 211 Å². The number of anilines is 1. The number of hydrogen-bond acceptors (Lipinski definition) is 11. The summed E-state index contributed by atoms with van der Waals surface area (Å²) in [7, 11) is -4.95. The highest BCUT2D eigenvalue weighted by Gasteiger charge is 2.58. The third-order valence-corrected chi connectivity index (χ3v) is 4.76. The molecule has 29 heavy (non-hydrogen) atoms. The number of β-lactam (4-membered cyclic amide) rings is 1. The summed E-state index contributed by atoms with van der Waals surface area (Å²) in [5.74, 6) is -3.26. The lowest BCUT2D eigenvalue weighted by Gasteiger charge is -2.50. The number of carbonyl (C=O) groups is 3. The fourth-order valence-electron chi connectivity index (χ4n) is 2.20. The molecule has 1 aliphatic heterocycles. The Kier molecular flexibility index (Phi) is 6.12. The Bertz CT molecular complexity index is 971. The standard InChI is InChI=1S/C13H17N5O9S2/c1-5(11(21)22)26-17-7(6-4-28-12(14)15-6)9(19)16-8-10(20)18(13(8,2)3)27-29(23,24)25/h4-5,8H,1-3H3,(H2,14,15)(H,16,19)(H,21,22)(H,23,24,25)/b17-7-/t5-,8+/m0/s1. The lowest BCUT2D eigenvalue weighted by molar-refractivity contribution is -0.218. The lowest BCUT2D eigenvalue weighted by Crippen LogP contribution is -2.76. The number of carbonyl (C=O) groups excluding carboxylic acids is 2. The molecule has 0 radical (unpaired) electrons. The number of amides is 2. The van der Waals surface area contributed by atoms with E-state index in [1.165, 1.54) is 26.2 Å². The van der Waals surface area contributed by atoms with Crippen LogP contribution in [0.25, 0.3) is 0 Å². The predicted molar refractivity (Wildman–Crippen MR) is 96.7 cm³/mol. The van der Waals surface area contributed by atoms with Crippen LogP contribution < -0.4 is 11.1 Å². The molecule has 2 amide bonds. The first-order chi connectivity index (χ1) is 13.2. The molecule has 1 aromatic heterocycles. The first kappa shape index (κ1) is 22.5. The van der Waals surface area contributed by atoms with Crippen molar-refractivity contribution in [1.29, 1.82) is 0 Å². The Balaban J connectivity index is 2.23. The molecule has 0 aromatic carbocycles. The van der Waals surface area contributed by atoms with Gasteiger partial charge in [0, 0.05) is 5.38 Å². The number of nitrogens with two attached hydrogens (primary N) is 1. The first-order valence-electron chi connectivity index (χ1n) is 7.74. The van der Waals surface area contributed by atoms with Crippen LogP contribution in [0.2, 0.25) is 0 Å². The second kappa shape index (κ2) is 7.90. The van der Waals surface area contributed by atoms with Gasteiger partial charge in [-0.1, -0.05) is 5.16 Å². The number of carboxylic acid groups (broad SMARTS) is 1. The molecule has 5 N–H and O–H groups in total. The zero-order valence-corrected chi connectivity index (χ0v) is 16.9. The van der Waals surface area contributed by atoms with Crippen molar-refractivity contribution in [2.45, 2.75) is 38.5 Å². The van der Waals surface area contributed by atoms with Gasteiger partial charge in [0.05, 0.1) is 5.54 Å². The summed E-state index contributed by atoms with van der Waals surface area (Å²) in [6.07, 6.45) is -1.38. The minimum absolute atomic E-state index is 0.0294. The van der Waals surface area contributed by atoms with Crippen molar-refractivity contribution in [2.75, 3.05) is 5.73 Å². The van der Waals surface area contributed by atoms with Gasteiger partial charge in [0.25, 0.3) is 11.8 Å². The van der Waals surface area contributed by atoms with Gasteiger partial charge < -0.3 is 21.0 Å². The van der Waals surface area contributed by atoms with Crippen molar-refractivity contribution in [3.63, 3.8) is 0 Å². The number of nitrogens with zero attached hydrogens (tertiary/aromatic N) is 3. The smallest absolute Gasteiger partial charge is 0.418 e. The maximum atomic E-state index is 12.6. The van der Waals surface area contributed by atoms with E-state index in [9.17, 15) is 22.8 Å². The van der Waals surface area contributed by atoms with Gasteiger partial charge in [0.1, 0.15) is 11.7 Å². The number of aliphatic carboxylic acids is 1. The van der Waals surface area contributed by atoms with Gasteiger partial charge in [0.2, 0.25) is 6.10 Å². The molecule has 2 heterocycles.